The van der Waals surface area contributed by atoms with Gasteiger partial charge in [0.25, 0.3) is 0 Å². The van der Waals surface area contributed by atoms with Gasteiger partial charge in [-0.05, 0) is 43.5 Å². The molecule has 1 N–H and O–H groups in total. The quantitative estimate of drug-likeness (QED) is 0.751. The van der Waals surface area contributed by atoms with Crippen molar-refractivity contribution in [1.29, 1.82) is 0 Å². The van der Waals surface area contributed by atoms with Crippen LogP contribution in [0.4, 0.5) is 0 Å². The van der Waals surface area contributed by atoms with Crippen molar-refractivity contribution in [2.24, 2.45) is 0 Å². The zero-order valence-electron chi connectivity index (χ0n) is 12.8. The molecule has 1 fully saturated rings. The van der Waals surface area contributed by atoms with Crippen LogP contribution in [0.3, 0.4) is 0 Å². The Kier molecular flexibility index (Phi) is 5.19. The standard InChI is InChI=1S/C16H24N2O2S/c1-4-11-18(15-9-10-15)21(19,20)16-8-6-7-14(13(16)3)12-17-5-2/h4,6-8,15,17H,1,5,9-12H2,2-3H3. The SMILES string of the molecule is C=CCN(C1CC1)S(=O)(=O)c1cccc(CNCC)c1C. The number of benzene rings is 1. The lowest BCUT2D eigenvalue weighted by atomic mass is 10.1. The predicted octanol–water partition coefficient (Wildman–Crippen LogP) is 2.44. The van der Waals surface area contributed by atoms with Gasteiger partial charge in [0.2, 0.25) is 10.0 Å². The van der Waals surface area contributed by atoms with Gasteiger partial charge in [-0.3, -0.25) is 0 Å². The molecule has 0 saturated heterocycles. The first-order valence-corrected chi connectivity index (χ1v) is 8.88. The van der Waals surface area contributed by atoms with Crippen molar-refractivity contribution in [3.63, 3.8) is 0 Å². The Morgan fingerprint density at radius 1 is 1.43 bits per heavy atom. The number of hydrogen-bond acceptors (Lipinski definition) is 3. The molecule has 0 radical (unpaired) electrons. The van der Waals surface area contributed by atoms with Gasteiger partial charge >= 0.3 is 0 Å². The van der Waals surface area contributed by atoms with E-state index in [2.05, 4.69) is 11.9 Å². The summed E-state index contributed by atoms with van der Waals surface area (Å²) in [5, 5.41) is 3.25. The van der Waals surface area contributed by atoms with Crippen molar-refractivity contribution in [1.82, 2.24) is 9.62 Å². The smallest absolute Gasteiger partial charge is 0.243 e. The van der Waals surface area contributed by atoms with E-state index in [9.17, 15) is 8.42 Å². The maximum atomic E-state index is 12.9. The van der Waals surface area contributed by atoms with Crippen LogP contribution in [0.15, 0.2) is 35.7 Å². The Morgan fingerprint density at radius 2 is 2.14 bits per heavy atom. The van der Waals surface area contributed by atoms with Gasteiger partial charge in [0.05, 0.1) is 4.90 Å². The molecule has 0 bridgehead atoms. The van der Waals surface area contributed by atoms with E-state index in [0.29, 0.717) is 18.0 Å². The van der Waals surface area contributed by atoms with Gasteiger partial charge in [0.15, 0.2) is 0 Å². The molecule has 4 nitrogen and oxygen atoms in total. The van der Waals surface area contributed by atoms with Gasteiger partial charge in [0, 0.05) is 19.1 Å². The Bertz CT molecular complexity index is 607. The van der Waals surface area contributed by atoms with E-state index in [-0.39, 0.29) is 6.04 Å². The van der Waals surface area contributed by atoms with Crippen LogP contribution >= 0.6 is 0 Å². The Labute approximate surface area is 127 Å². The fraction of sp³-hybridized carbons (Fsp3) is 0.500. The molecule has 0 spiro atoms. The zero-order valence-corrected chi connectivity index (χ0v) is 13.6. The van der Waals surface area contributed by atoms with Crippen LogP contribution in [0.2, 0.25) is 0 Å². The number of nitrogens with one attached hydrogen (secondary N) is 1. The molecule has 1 aliphatic carbocycles. The molecule has 1 saturated carbocycles. The van der Waals surface area contributed by atoms with Gasteiger partial charge < -0.3 is 5.32 Å². The molecule has 5 heteroatoms. The molecular formula is C16H24N2O2S. The Hall–Kier alpha value is -1.17. The van der Waals surface area contributed by atoms with E-state index in [4.69, 9.17) is 0 Å². The van der Waals surface area contributed by atoms with Crippen molar-refractivity contribution in [3.8, 4) is 0 Å². The fourth-order valence-corrected chi connectivity index (χ4v) is 4.38. The molecule has 0 atom stereocenters. The van der Waals surface area contributed by atoms with Crippen LogP contribution < -0.4 is 5.32 Å². The van der Waals surface area contributed by atoms with Crippen molar-refractivity contribution >= 4 is 10.0 Å². The minimum atomic E-state index is -3.44. The molecule has 1 aromatic carbocycles. The van der Waals surface area contributed by atoms with Crippen molar-refractivity contribution in [2.45, 2.75) is 44.2 Å². The summed E-state index contributed by atoms with van der Waals surface area (Å²) in [4.78, 5) is 0.423. The van der Waals surface area contributed by atoms with Crippen molar-refractivity contribution in [2.75, 3.05) is 13.1 Å². The number of rotatable bonds is 8. The summed E-state index contributed by atoms with van der Waals surface area (Å²) >= 11 is 0. The summed E-state index contributed by atoms with van der Waals surface area (Å²) in [5.74, 6) is 0. The topological polar surface area (TPSA) is 49.4 Å². The van der Waals surface area contributed by atoms with Gasteiger partial charge in [-0.1, -0.05) is 25.1 Å². The van der Waals surface area contributed by atoms with Crippen molar-refractivity contribution in [3.05, 3.63) is 42.0 Å². The number of sulfonamides is 1. The molecule has 1 aliphatic rings. The maximum Gasteiger partial charge on any atom is 0.243 e. The normalized spacial score (nSPS) is 15.4. The molecule has 0 unspecified atom stereocenters. The van der Waals surface area contributed by atoms with Crippen molar-refractivity contribution < 1.29 is 8.42 Å². The van der Waals surface area contributed by atoms with Crippen LogP contribution in [-0.2, 0) is 16.6 Å². The summed E-state index contributed by atoms with van der Waals surface area (Å²) in [7, 11) is -3.44. The average molecular weight is 308 g/mol. The average Bonchev–Trinajstić information content (AvgIpc) is 3.27. The maximum absolute atomic E-state index is 12.9. The van der Waals surface area contributed by atoms with Gasteiger partial charge in [-0.15, -0.1) is 6.58 Å². The van der Waals surface area contributed by atoms with Crippen LogP contribution in [0.1, 0.15) is 30.9 Å². The third kappa shape index (κ3) is 3.54. The first kappa shape index (κ1) is 16.2. The van der Waals surface area contributed by atoms with E-state index in [1.54, 1.807) is 16.4 Å². The highest BCUT2D eigenvalue weighted by atomic mass is 32.2. The third-order valence-corrected chi connectivity index (χ3v) is 5.87. The zero-order chi connectivity index (χ0) is 15.5. The minimum Gasteiger partial charge on any atom is -0.313 e. The van der Waals surface area contributed by atoms with E-state index in [1.807, 2.05) is 26.0 Å². The molecule has 2 rings (SSSR count). The van der Waals surface area contributed by atoms with E-state index in [0.717, 1.165) is 30.5 Å². The fourth-order valence-electron chi connectivity index (χ4n) is 2.45. The minimum absolute atomic E-state index is 0.143. The molecule has 0 aromatic heterocycles. The predicted molar refractivity (Wildman–Crippen MR) is 85.7 cm³/mol. The first-order chi connectivity index (χ1) is 10.0. The first-order valence-electron chi connectivity index (χ1n) is 7.44. The molecule has 21 heavy (non-hydrogen) atoms. The van der Waals surface area contributed by atoms with Crippen LogP contribution in [0.5, 0.6) is 0 Å². The highest BCUT2D eigenvalue weighted by Gasteiger charge is 2.37. The van der Waals surface area contributed by atoms with Crippen LogP contribution in [0.25, 0.3) is 0 Å². The lowest BCUT2D eigenvalue weighted by molar-refractivity contribution is 0.435. The largest absolute Gasteiger partial charge is 0.313 e. The Balaban J connectivity index is 2.36. The van der Waals surface area contributed by atoms with E-state index >= 15 is 0 Å². The molecule has 0 aliphatic heterocycles. The summed E-state index contributed by atoms with van der Waals surface area (Å²) in [6.45, 7) is 9.54. The monoisotopic (exact) mass is 308 g/mol. The molecule has 0 heterocycles. The third-order valence-electron chi connectivity index (χ3n) is 3.81. The van der Waals surface area contributed by atoms with Gasteiger partial charge in [0.1, 0.15) is 0 Å². The summed E-state index contributed by atoms with van der Waals surface area (Å²) in [6, 6.07) is 5.65. The van der Waals surface area contributed by atoms with E-state index < -0.39 is 10.0 Å². The molecule has 116 valence electrons. The molecular weight excluding hydrogens is 284 g/mol. The second kappa shape index (κ2) is 6.73. The summed E-state index contributed by atoms with van der Waals surface area (Å²) in [6.07, 6.45) is 3.56. The van der Waals surface area contributed by atoms with Crippen LogP contribution in [-0.4, -0.2) is 31.9 Å². The summed E-state index contributed by atoms with van der Waals surface area (Å²) in [5.41, 5.74) is 1.88. The summed E-state index contributed by atoms with van der Waals surface area (Å²) < 4.78 is 27.4. The molecule has 0 amide bonds. The second-order valence-electron chi connectivity index (χ2n) is 5.42. The Morgan fingerprint density at radius 3 is 2.71 bits per heavy atom. The van der Waals surface area contributed by atoms with E-state index in [1.165, 1.54) is 0 Å². The number of hydrogen-bond donors (Lipinski definition) is 1. The highest BCUT2D eigenvalue weighted by Crippen LogP contribution is 2.33. The lowest BCUT2D eigenvalue weighted by Crippen LogP contribution is -2.34. The number of nitrogens with zero attached hydrogens (tertiary/aromatic N) is 1. The molecule has 1 aromatic rings. The van der Waals surface area contributed by atoms with Crippen LogP contribution in [0, 0.1) is 6.92 Å². The van der Waals surface area contributed by atoms with Gasteiger partial charge in [-0.25, -0.2) is 8.42 Å². The van der Waals surface area contributed by atoms with Gasteiger partial charge in [-0.2, -0.15) is 4.31 Å². The highest BCUT2D eigenvalue weighted by molar-refractivity contribution is 7.89. The second-order valence-corrected chi connectivity index (χ2v) is 7.27. The lowest BCUT2D eigenvalue weighted by Gasteiger charge is -2.22.